The van der Waals surface area contributed by atoms with Crippen LogP contribution in [-0.2, 0) is 13.0 Å². The molecule has 1 aromatic heterocycles. The third kappa shape index (κ3) is 1.42. The zero-order valence-electron chi connectivity index (χ0n) is 8.05. The van der Waals surface area contributed by atoms with Gasteiger partial charge in [0.15, 0.2) is 0 Å². The van der Waals surface area contributed by atoms with Crippen molar-refractivity contribution >= 4 is 0 Å². The lowest BCUT2D eigenvalue weighted by Gasteiger charge is -2.29. The molecule has 0 radical (unpaired) electrons. The molecule has 2 rings (SSSR count). The maximum absolute atomic E-state index is 11.2. The Balaban J connectivity index is 2.25. The highest BCUT2D eigenvalue weighted by molar-refractivity contribution is 5.19. The van der Waals surface area contributed by atoms with Gasteiger partial charge in [0.05, 0.1) is 5.69 Å². The van der Waals surface area contributed by atoms with Crippen LogP contribution < -0.4 is 5.56 Å². The van der Waals surface area contributed by atoms with E-state index in [0.717, 1.165) is 30.8 Å². The molecule has 1 aliphatic heterocycles. The predicted molar refractivity (Wildman–Crippen MR) is 50.7 cm³/mol. The fraction of sp³-hybridized carbons (Fsp3) is 0.667. The molecule has 0 saturated heterocycles. The SMILES string of the molecule is CC(C)N1CCc2c([nH][nH]c2=O)C1. The second kappa shape index (κ2) is 3.03. The Hall–Kier alpha value is -1.03. The Kier molecular flexibility index (Phi) is 2.00. The molecule has 1 aliphatic rings. The summed E-state index contributed by atoms with van der Waals surface area (Å²) in [6, 6.07) is 0.548. The molecule has 4 nitrogen and oxygen atoms in total. The first kappa shape index (κ1) is 8.56. The highest BCUT2D eigenvalue weighted by Crippen LogP contribution is 2.14. The molecule has 13 heavy (non-hydrogen) atoms. The molecule has 0 aliphatic carbocycles. The van der Waals surface area contributed by atoms with Crippen molar-refractivity contribution in [3.05, 3.63) is 21.6 Å². The summed E-state index contributed by atoms with van der Waals surface area (Å²) in [5.41, 5.74) is 2.06. The van der Waals surface area contributed by atoms with Crippen LogP contribution in [0, 0.1) is 0 Å². The average molecular weight is 181 g/mol. The van der Waals surface area contributed by atoms with E-state index in [1.54, 1.807) is 0 Å². The largest absolute Gasteiger partial charge is 0.301 e. The van der Waals surface area contributed by atoms with Gasteiger partial charge in [0, 0.05) is 24.7 Å². The van der Waals surface area contributed by atoms with Crippen LogP contribution in [0.2, 0.25) is 0 Å². The van der Waals surface area contributed by atoms with Gasteiger partial charge in [-0.1, -0.05) is 0 Å². The highest BCUT2D eigenvalue weighted by Gasteiger charge is 2.21. The molecule has 72 valence electrons. The van der Waals surface area contributed by atoms with Crippen molar-refractivity contribution in [2.24, 2.45) is 0 Å². The van der Waals surface area contributed by atoms with Crippen LogP contribution in [-0.4, -0.2) is 27.7 Å². The van der Waals surface area contributed by atoms with Crippen LogP contribution in [0.4, 0.5) is 0 Å². The van der Waals surface area contributed by atoms with Crippen LogP contribution in [0.3, 0.4) is 0 Å². The van der Waals surface area contributed by atoms with Gasteiger partial charge in [-0.25, -0.2) is 0 Å². The van der Waals surface area contributed by atoms with Crippen molar-refractivity contribution in [1.29, 1.82) is 0 Å². The summed E-state index contributed by atoms with van der Waals surface area (Å²) in [4.78, 5) is 13.6. The van der Waals surface area contributed by atoms with E-state index in [-0.39, 0.29) is 5.56 Å². The Morgan fingerprint density at radius 1 is 1.38 bits per heavy atom. The number of aromatic nitrogens is 2. The lowest BCUT2D eigenvalue weighted by Crippen LogP contribution is -2.36. The van der Waals surface area contributed by atoms with Crippen molar-refractivity contribution in [2.45, 2.75) is 32.9 Å². The van der Waals surface area contributed by atoms with E-state index < -0.39 is 0 Å². The Morgan fingerprint density at radius 3 is 2.85 bits per heavy atom. The lowest BCUT2D eigenvalue weighted by molar-refractivity contribution is 0.201. The fourth-order valence-electron chi connectivity index (χ4n) is 1.80. The number of fused-ring (bicyclic) bond motifs is 1. The molecular weight excluding hydrogens is 166 g/mol. The molecule has 0 fully saturated rings. The molecule has 2 heterocycles. The van der Waals surface area contributed by atoms with Gasteiger partial charge in [-0.15, -0.1) is 0 Å². The van der Waals surface area contributed by atoms with E-state index >= 15 is 0 Å². The van der Waals surface area contributed by atoms with Crippen LogP contribution in [0.1, 0.15) is 25.1 Å². The Morgan fingerprint density at radius 2 is 2.15 bits per heavy atom. The Labute approximate surface area is 76.9 Å². The van der Waals surface area contributed by atoms with E-state index in [1.165, 1.54) is 0 Å². The summed E-state index contributed by atoms with van der Waals surface area (Å²) in [7, 11) is 0. The third-order valence-electron chi connectivity index (χ3n) is 2.71. The van der Waals surface area contributed by atoms with Crippen molar-refractivity contribution in [1.82, 2.24) is 15.1 Å². The second-order valence-electron chi connectivity index (χ2n) is 3.85. The molecule has 0 amide bonds. The van der Waals surface area contributed by atoms with E-state index in [0.29, 0.717) is 6.04 Å². The van der Waals surface area contributed by atoms with E-state index in [4.69, 9.17) is 0 Å². The van der Waals surface area contributed by atoms with Crippen LogP contribution in [0.5, 0.6) is 0 Å². The average Bonchev–Trinajstić information content (AvgIpc) is 2.47. The number of hydrogen-bond acceptors (Lipinski definition) is 2. The summed E-state index contributed by atoms with van der Waals surface area (Å²) in [5, 5.41) is 5.56. The number of aromatic amines is 2. The summed E-state index contributed by atoms with van der Waals surface area (Å²) < 4.78 is 0. The minimum Gasteiger partial charge on any atom is -0.301 e. The molecule has 0 atom stereocenters. The van der Waals surface area contributed by atoms with Crippen molar-refractivity contribution in [2.75, 3.05) is 6.54 Å². The van der Waals surface area contributed by atoms with Gasteiger partial charge < -0.3 is 5.10 Å². The minimum atomic E-state index is 0.0541. The first-order valence-corrected chi connectivity index (χ1v) is 4.71. The number of rotatable bonds is 1. The number of nitrogens with zero attached hydrogens (tertiary/aromatic N) is 1. The minimum absolute atomic E-state index is 0.0541. The molecule has 0 saturated carbocycles. The molecule has 0 unspecified atom stereocenters. The predicted octanol–water partition coefficient (Wildman–Crippen LogP) is 0.469. The molecular formula is C9H15N3O. The highest BCUT2D eigenvalue weighted by atomic mass is 16.1. The van der Waals surface area contributed by atoms with Gasteiger partial charge in [-0.05, 0) is 20.3 Å². The summed E-state index contributed by atoms with van der Waals surface area (Å²) in [5.74, 6) is 0. The van der Waals surface area contributed by atoms with Crippen LogP contribution >= 0.6 is 0 Å². The molecule has 0 aromatic carbocycles. The van der Waals surface area contributed by atoms with Crippen molar-refractivity contribution in [3.63, 3.8) is 0 Å². The zero-order valence-corrected chi connectivity index (χ0v) is 8.05. The third-order valence-corrected chi connectivity index (χ3v) is 2.71. The van der Waals surface area contributed by atoms with Gasteiger partial charge >= 0.3 is 0 Å². The Bertz CT molecular complexity index is 350. The van der Waals surface area contributed by atoms with Crippen LogP contribution in [0.15, 0.2) is 4.79 Å². The monoisotopic (exact) mass is 181 g/mol. The summed E-state index contributed by atoms with van der Waals surface area (Å²) in [6.45, 7) is 6.21. The van der Waals surface area contributed by atoms with Gasteiger partial charge in [-0.3, -0.25) is 14.8 Å². The van der Waals surface area contributed by atoms with Gasteiger partial charge in [0.1, 0.15) is 0 Å². The van der Waals surface area contributed by atoms with Crippen molar-refractivity contribution in [3.8, 4) is 0 Å². The van der Waals surface area contributed by atoms with Gasteiger partial charge in [0.25, 0.3) is 5.56 Å². The van der Waals surface area contributed by atoms with Gasteiger partial charge in [0.2, 0.25) is 0 Å². The topological polar surface area (TPSA) is 51.9 Å². The lowest BCUT2D eigenvalue weighted by atomic mass is 10.1. The van der Waals surface area contributed by atoms with E-state index in [1.807, 2.05) is 0 Å². The summed E-state index contributed by atoms with van der Waals surface area (Å²) in [6.07, 6.45) is 0.867. The molecule has 0 spiro atoms. The first-order valence-electron chi connectivity index (χ1n) is 4.71. The molecule has 4 heteroatoms. The molecule has 2 N–H and O–H groups in total. The van der Waals surface area contributed by atoms with Crippen LogP contribution in [0.25, 0.3) is 0 Å². The van der Waals surface area contributed by atoms with Gasteiger partial charge in [-0.2, -0.15) is 0 Å². The maximum atomic E-state index is 11.2. The fourth-order valence-corrected chi connectivity index (χ4v) is 1.80. The molecule has 0 bridgehead atoms. The maximum Gasteiger partial charge on any atom is 0.267 e. The van der Waals surface area contributed by atoms with E-state index in [2.05, 4.69) is 28.9 Å². The number of hydrogen-bond donors (Lipinski definition) is 2. The van der Waals surface area contributed by atoms with E-state index in [9.17, 15) is 4.79 Å². The normalized spacial score (nSPS) is 17.8. The number of nitrogens with one attached hydrogen (secondary N) is 2. The molecule has 1 aromatic rings. The smallest absolute Gasteiger partial charge is 0.267 e. The summed E-state index contributed by atoms with van der Waals surface area (Å²) >= 11 is 0. The zero-order chi connectivity index (χ0) is 9.42. The number of H-pyrrole nitrogens is 2. The quantitative estimate of drug-likeness (QED) is 0.661. The second-order valence-corrected chi connectivity index (χ2v) is 3.85. The van der Waals surface area contributed by atoms with Crippen molar-refractivity contribution < 1.29 is 0 Å². The standard InChI is InChI=1S/C9H15N3O/c1-6(2)12-4-3-7-8(5-12)10-11-9(7)13/h6H,3-5H2,1-2H3,(H2,10,11,13). The first-order chi connectivity index (χ1) is 6.18.